The van der Waals surface area contributed by atoms with Gasteiger partial charge >= 0.3 is 0 Å². The van der Waals surface area contributed by atoms with Crippen molar-refractivity contribution in [3.63, 3.8) is 0 Å². The lowest BCUT2D eigenvalue weighted by atomic mass is 10.00. The number of aliphatic hydroxyl groups is 1. The maximum atomic E-state index is 10.4. The van der Waals surface area contributed by atoms with Crippen LogP contribution in [-0.4, -0.2) is 19.9 Å². The van der Waals surface area contributed by atoms with Gasteiger partial charge in [-0.15, -0.1) is 11.3 Å². The summed E-state index contributed by atoms with van der Waals surface area (Å²) >= 11 is 1.56. The van der Waals surface area contributed by atoms with Crippen molar-refractivity contribution in [3.05, 3.63) is 34.5 Å². The predicted octanol–water partition coefficient (Wildman–Crippen LogP) is 1.81. The molecule has 2 heterocycles. The molecule has 1 unspecified atom stereocenters. The minimum absolute atomic E-state index is 0.487. The zero-order valence-electron chi connectivity index (χ0n) is 9.42. The third-order valence-electron chi connectivity index (χ3n) is 2.55. The smallest absolute Gasteiger partial charge is 0.138 e. The van der Waals surface area contributed by atoms with Gasteiger partial charge in [-0.1, -0.05) is 6.07 Å². The van der Waals surface area contributed by atoms with E-state index in [4.69, 9.17) is 0 Å². The first-order chi connectivity index (χ1) is 7.63. The normalized spacial score (nSPS) is 14.9. The first-order valence-electron chi connectivity index (χ1n) is 5.26. The third-order valence-corrected chi connectivity index (χ3v) is 3.67. The van der Waals surface area contributed by atoms with E-state index in [1.165, 1.54) is 6.33 Å². The molecule has 2 aromatic heterocycles. The van der Waals surface area contributed by atoms with E-state index < -0.39 is 5.60 Å². The van der Waals surface area contributed by atoms with E-state index in [1.54, 1.807) is 11.3 Å². The summed E-state index contributed by atoms with van der Waals surface area (Å²) in [7, 11) is 0. The molecule has 1 N–H and O–H groups in total. The molecule has 0 fully saturated rings. The fraction of sp³-hybridized carbons (Fsp3) is 0.455. The number of aryl methyl sites for hydroxylation is 1. The fourth-order valence-corrected chi connectivity index (χ4v) is 2.46. The van der Waals surface area contributed by atoms with Crippen LogP contribution < -0.4 is 0 Å². The molecular weight excluding hydrogens is 222 g/mol. The van der Waals surface area contributed by atoms with Gasteiger partial charge in [0.1, 0.15) is 17.8 Å². The van der Waals surface area contributed by atoms with E-state index in [1.807, 2.05) is 36.0 Å². The summed E-state index contributed by atoms with van der Waals surface area (Å²) < 4.78 is 1.81. The molecule has 0 amide bonds. The van der Waals surface area contributed by atoms with Gasteiger partial charge in [0.15, 0.2) is 0 Å². The zero-order chi connectivity index (χ0) is 11.6. The van der Waals surface area contributed by atoms with E-state index in [0.29, 0.717) is 6.42 Å². The number of rotatable bonds is 4. The highest BCUT2D eigenvalue weighted by atomic mass is 32.1. The van der Waals surface area contributed by atoms with Gasteiger partial charge in [0, 0.05) is 17.8 Å². The van der Waals surface area contributed by atoms with Crippen molar-refractivity contribution in [1.29, 1.82) is 0 Å². The number of thiophene rings is 1. The summed E-state index contributed by atoms with van der Waals surface area (Å²) in [6.45, 7) is 4.60. The van der Waals surface area contributed by atoms with Crippen molar-refractivity contribution in [3.8, 4) is 0 Å². The molecule has 0 aliphatic carbocycles. The van der Waals surface area contributed by atoms with Crippen molar-refractivity contribution < 1.29 is 5.11 Å². The van der Waals surface area contributed by atoms with Crippen molar-refractivity contribution in [2.45, 2.75) is 32.4 Å². The largest absolute Gasteiger partial charge is 0.384 e. The van der Waals surface area contributed by atoms with E-state index in [-0.39, 0.29) is 0 Å². The Morgan fingerprint density at radius 2 is 2.38 bits per heavy atom. The molecule has 1 atom stereocenters. The maximum absolute atomic E-state index is 10.4. The Morgan fingerprint density at radius 3 is 3.00 bits per heavy atom. The van der Waals surface area contributed by atoms with Gasteiger partial charge in [-0.25, -0.2) is 4.98 Å². The predicted molar refractivity (Wildman–Crippen MR) is 63.3 cm³/mol. The van der Waals surface area contributed by atoms with Crippen molar-refractivity contribution in [2.24, 2.45) is 0 Å². The Bertz CT molecular complexity index is 448. The van der Waals surface area contributed by atoms with Gasteiger partial charge < -0.3 is 5.11 Å². The molecule has 0 aromatic carbocycles. The van der Waals surface area contributed by atoms with Crippen molar-refractivity contribution in [2.75, 3.05) is 0 Å². The summed E-state index contributed by atoms with van der Waals surface area (Å²) in [5.74, 6) is 0.820. The average molecular weight is 237 g/mol. The second-order valence-electron chi connectivity index (χ2n) is 3.92. The van der Waals surface area contributed by atoms with Crippen LogP contribution in [0.1, 0.15) is 24.5 Å². The van der Waals surface area contributed by atoms with Crippen LogP contribution in [0.3, 0.4) is 0 Å². The van der Waals surface area contributed by atoms with E-state index >= 15 is 0 Å². The third kappa shape index (κ3) is 2.15. The topological polar surface area (TPSA) is 50.9 Å². The minimum Gasteiger partial charge on any atom is -0.384 e. The molecule has 0 aliphatic heterocycles. The van der Waals surface area contributed by atoms with E-state index in [9.17, 15) is 5.11 Å². The van der Waals surface area contributed by atoms with Gasteiger partial charge in [0.2, 0.25) is 0 Å². The molecule has 0 saturated heterocycles. The second kappa shape index (κ2) is 4.35. The van der Waals surface area contributed by atoms with Crippen molar-refractivity contribution >= 4 is 11.3 Å². The van der Waals surface area contributed by atoms with Crippen LogP contribution in [0, 0.1) is 0 Å². The summed E-state index contributed by atoms with van der Waals surface area (Å²) in [4.78, 5) is 5.14. The van der Waals surface area contributed by atoms with Crippen LogP contribution in [0.2, 0.25) is 0 Å². The number of aromatic nitrogens is 3. The molecule has 0 saturated carbocycles. The fourth-order valence-electron chi connectivity index (χ4n) is 1.67. The average Bonchev–Trinajstić information content (AvgIpc) is 2.86. The zero-order valence-corrected chi connectivity index (χ0v) is 10.2. The summed E-state index contributed by atoms with van der Waals surface area (Å²) in [5, 5.41) is 16.5. The number of hydrogen-bond donors (Lipinski definition) is 1. The Labute approximate surface area is 98.6 Å². The minimum atomic E-state index is -0.867. The Morgan fingerprint density at radius 1 is 1.56 bits per heavy atom. The lowest BCUT2D eigenvalue weighted by molar-refractivity contribution is 0.0581. The molecule has 2 rings (SSSR count). The molecular formula is C11H15N3OS. The Kier molecular flexibility index (Phi) is 3.07. The number of nitrogens with zero attached hydrogens (tertiary/aromatic N) is 3. The Balaban J connectivity index is 2.21. The van der Waals surface area contributed by atoms with Crippen LogP contribution in [0.5, 0.6) is 0 Å². The highest BCUT2D eigenvalue weighted by Crippen LogP contribution is 2.28. The molecule has 0 radical (unpaired) electrons. The van der Waals surface area contributed by atoms with Crippen molar-refractivity contribution in [1.82, 2.24) is 14.8 Å². The second-order valence-corrected chi connectivity index (χ2v) is 4.87. The maximum Gasteiger partial charge on any atom is 0.138 e. The SMILES string of the molecule is CCn1ncnc1CC(C)(O)c1cccs1. The highest BCUT2D eigenvalue weighted by Gasteiger charge is 2.26. The lowest BCUT2D eigenvalue weighted by Crippen LogP contribution is -2.25. The summed E-state index contributed by atoms with van der Waals surface area (Å²) in [6.07, 6.45) is 2.02. The van der Waals surface area contributed by atoms with E-state index in [2.05, 4.69) is 10.1 Å². The highest BCUT2D eigenvalue weighted by molar-refractivity contribution is 7.10. The monoisotopic (exact) mass is 237 g/mol. The van der Waals surface area contributed by atoms with Gasteiger partial charge in [0.25, 0.3) is 0 Å². The molecule has 16 heavy (non-hydrogen) atoms. The van der Waals surface area contributed by atoms with Crippen LogP contribution in [0.15, 0.2) is 23.8 Å². The lowest BCUT2D eigenvalue weighted by Gasteiger charge is -2.21. The van der Waals surface area contributed by atoms with Gasteiger partial charge in [-0.3, -0.25) is 4.68 Å². The first-order valence-corrected chi connectivity index (χ1v) is 6.14. The Hall–Kier alpha value is -1.20. The molecule has 0 aliphatic rings. The molecule has 0 bridgehead atoms. The summed E-state index contributed by atoms with van der Waals surface area (Å²) in [6, 6.07) is 3.89. The molecule has 4 nitrogen and oxygen atoms in total. The molecule has 86 valence electrons. The van der Waals surface area contributed by atoms with Crippen LogP contribution in [-0.2, 0) is 18.6 Å². The molecule has 0 spiro atoms. The quantitative estimate of drug-likeness (QED) is 0.882. The van der Waals surface area contributed by atoms with Crippen LogP contribution in [0.4, 0.5) is 0 Å². The standard InChI is InChI=1S/C11H15N3OS/c1-3-14-10(12-8-13-14)7-11(2,15)9-5-4-6-16-9/h4-6,8,15H,3,7H2,1-2H3. The van der Waals surface area contributed by atoms with Crippen LogP contribution >= 0.6 is 11.3 Å². The first kappa shape index (κ1) is 11.3. The van der Waals surface area contributed by atoms with E-state index in [0.717, 1.165) is 17.2 Å². The number of hydrogen-bond acceptors (Lipinski definition) is 4. The van der Waals surface area contributed by atoms with Gasteiger partial charge in [-0.05, 0) is 25.3 Å². The molecule has 2 aromatic rings. The van der Waals surface area contributed by atoms with Gasteiger partial charge in [0.05, 0.1) is 0 Å². The molecule has 5 heteroatoms. The van der Waals surface area contributed by atoms with Gasteiger partial charge in [-0.2, -0.15) is 5.10 Å². The van der Waals surface area contributed by atoms with Crippen LogP contribution in [0.25, 0.3) is 0 Å². The summed E-state index contributed by atoms with van der Waals surface area (Å²) in [5.41, 5.74) is -0.867.